The Labute approximate surface area is 103 Å². The van der Waals surface area contributed by atoms with E-state index in [-0.39, 0.29) is 5.41 Å². The first-order valence-electron chi connectivity index (χ1n) is 5.62. The van der Waals surface area contributed by atoms with Gasteiger partial charge in [-0.15, -0.1) is 0 Å². The lowest BCUT2D eigenvalue weighted by atomic mass is 9.95. The van der Waals surface area contributed by atoms with E-state index in [0.29, 0.717) is 11.3 Å². The van der Waals surface area contributed by atoms with E-state index >= 15 is 0 Å². The highest BCUT2D eigenvalue weighted by Crippen LogP contribution is 2.29. The summed E-state index contributed by atoms with van der Waals surface area (Å²) in [5, 5.41) is 0. The van der Waals surface area contributed by atoms with Crippen LogP contribution in [0.3, 0.4) is 0 Å². The van der Waals surface area contributed by atoms with Gasteiger partial charge in [0.05, 0.1) is 16.9 Å². The molecule has 0 fully saturated rings. The van der Waals surface area contributed by atoms with E-state index in [9.17, 15) is 4.79 Å². The molecule has 0 radical (unpaired) electrons. The van der Waals surface area contributed by atoms with Crippen LogP contribution >= 0.6 is 0 Å². The van der Waals surface area contributed by atoms with Crippen molar-refractivity contribution in [3.8, 4) is 0 Å². The van der Waals surface area contributed by atoms with Gasteiger partial charge in [0.1, 0.15) is 0 Å². The van der Waals surface area contributed by atoms with Gasteiger partial charge in [0.15, 0.2) is 0 Å². The second kappa shape index (κ2) is 4.65. The molecule has 0 bridgehead atoms. The lowest BCUT2D eigenvalue weighted by Crippen LogP contribution is -2.31. The van der Waals surface area contributed by atoms with Crippen molar-refractivity contribution in [2.75, 3.05) is 24.2 Å². The number of nitrogens with zero attached hydrogens (tertiary/aromatic N) is 1. The predicted octanol–water partition coefficient (Wildman–Crippen LogP) is 1.85. The molecule has 0 aromatic heterocycles. The molecule has 0 saturated carbocycles. The molecule has 0 saturated heterocycles. The van der Waals surface area contributed by atoms with Gasteiger partial charge in [0.2, 0.25) is 0 Å². The third-order valence-corrected chi connectivity index (χ3v) is 2.43. The van der Waals surface area contributed by atoms with E-state index in [4.69, 9.17) is 11.5 Å². The molecule has 4 nitrogen and oxygen atoms in total. The molecule has 0 aliphatic carbocycles. The van der Waals surface area contributed by atoms with Crippen LogP contribution in [-0.2, 0) is 0 Å². The molecule has 1 amide bonds. The number of hydrogen-bond acceptors (Lipinski definition) is 3. The van der Waals surface area contributed by atoms with Crippen molar-refractivity contribution in [3.05, 3.63) is 23.8 Å². The van der Waals surface area contributed by atoms with Gasteiger partial charge in [0.25, 0.3) is 5.91 Å². The second-order valence-electron chi connectivity index (χ2n) is 5.52. The Morgan fingerprint density at radius 3 is 2.41 bits per heavy atom. The number of anilines is 2. The maximum atomic E-state index is 11.4. The minimum atomic E-state index is -0.451. The van der Waals surface area contributed by atoms with E-state index < -0.39 is 5.91 Å². The summed E-state index contributed by atoms with van der Waals surface area (Å²) in [6.45, 7) is 7.19. The van der Waals surface area contributed by atoms with Gasteiger partial charge < -0.3 is 16.4 Å². The number of primary amides is 1. The van der Waals surface area contributed by atoms with Gasteiger partial charge in [-0.2, -0.15) is 0 Å². The van der Waals surface area contributed by atoms with Crippen molar-refractivity contribution in [2.24, 2.45) is 11.1 Å². The number of rotatable bonds is 3. The topological polar surface area (TPSA) is 72.3 Å². The van der Waals surface area contributed by atoms with Crippen LogP contribution in [0.4, 0.5) is 11.4 Å². The molecule has 0 aliphatic heterocycles. The lowest BCUT2D eigenvalue weighted by molar-refractivity contribution is 0.100. The molecular formula is C13H21N3O. The lowest BCUT2D eigenvalue weighted by Gasteiger charge is -2.30. The molecule has 0 aliphatic rings. The molecule has 4 N–H and O–H groups in total. The third kappa shape index (κ3) is 3.37. The first-order valence-corrected chi connectivity index (χ1v) is 5.62. The third-order valence-electron chi connectivity index (χ3n) is 2.43. The van der Waals surface area contributed by atoms with Crippen molar-refractivity contribution < 1.29 is 4.79 Å². The molecule has 17 heavy (non-hydrogen) atoms. The zero-order valence-corrected chi connectivity index (χ0v) is 10.9. The van der Waals surface area contributed by atoms with Gasteiger partial charge in [-0.05, 0) is 17.5 Å². The van der Waals surface area contributed by atoms with Gasteiger partial charge in [0, 0.05) is 13.6 Å². The Kier molecular flexibility index (Phi) is 3.66. The SMILES string of the molecule is CN(CC(C)(C)C)c1c(N)cccc1C(N)=O. The van der Waals surface area contributed by atoms with Crippen LogP contribution in [0.1, 0.15) is 31.1 Å². The summed E-state index contributed by atoms with van der Waals surface area (Å²) in [4.78, 5) is 13.4. The molecule has 94 valence electrons. The van der Waals surface area contributed by atoms with Crippen LogP contribution in [0, 0.1) is 5.41 Å². The van der Waals surface area contributed by atoms with Gasteiger partial charge >= 0.3 is 0 Å². The fourth-order valence-corrected chi connectivity index (χ4v) is 1.98. The largest absolute Gasteiger partial charge is 0.397 e. The van der Waals surface area contributed by atoms with Crippen LogP contribution < -0.4 is 16.4 Å². The van der Waals surface area contributed by atoms with E-state index in [0.717, 1.165) is 12.2 Å². The normalized spacial score (nSPS) is 11.3. The minimum Gasteiger partial charge on any atom is -0.397 e. The van der Waals surface area contributed by atoms with Crippen molar-refractivity contribution in [1.29, 1.82) is 0 Å². The first kappa shape index (κ1) is 13.4. The maximum Gasteiger partial charge on any atom is 0.250 e. The molecule has 4 heteroatoms. The standard InChI is InChI=1S/C13H21N3O/c1-13(2,3)8-16(4)11-9(12(15)17)6-5-7-10(11)14/h5-7H,8,14H2,1-4H3,(H2,15,17). The first-order chi connectivity index (χ1) is 7.72. The van der Waals surface area contributed by atoms with Crippen LogP contribution in [-0.4, -0.2) is 19.5 Å². The summed E-state index contributed by atoms with van der Waals surface area (Å²) < 4.78 is 0. The fourth-order valence-electron chi connectivity index (χ4n) is 1.98. The zero-order chi connectivity index (χ0) is 13.2. The molecule has 0 heterocycles. The second-order valence-corrected chi connectivity index (χ2v) is 5.52. The summed E-state index contributed by atoms with van der Waals surface area (Å²) in [6, 6.07) is 5.22. The van der Waals surface area contributed by atoms with Crippen molar-refractivity contribution in [2.45, 2.75) is 20.8 Å². The van der Waals surface area contributed by atoms with Crippen LogP contribution in [0.2, 0.25) is 0 Å². The average molecular weight is 235 g/mol. The van der Waals surface area contributed by atoms with E-state index in [1.54, 1.807) is 18.2 Å². The van der Waals surface area contributed by atoms with Crippen LogP contribution in [0.15, 0.2) is 18.2 Å². The smallest absolute Gasteiger partial charge is 0.250 e. The van der Waals surface area contributed by atoms with Gasteiger partial charge in [-0.25, -0.2) is 0 Å². The molecule has 1 rings (SSSR count). The van der Waals surface area contributed by atoms with Crippen molar-refractivity contribution in [3.63, 3.8) is 0 Å². The maximum absolute atomic E-state index is 11.4. The molecule has 1 aromatic rings. The molecule has 0 spiro atoms. The van der Waals surface area contributed by atoms with Crippen molar-refractivity contribution >= 4 is 17.3 Å². The van der Waals surface area contributed by atoms with Crippen LogP contribution in [0.5, 0.6) is 0 Å². The molecular weight excluding hydrogens is 214 g/mol. The highest BCUT2D eigenvalue weighted by Gasteiger charge is 2.19. The predicted molar refractivity (Wildman–Crippen MR) is 72.1 cm³/mol. The Hall–Kier alpha value is -1.71. The Morgan fingerprint density at radius 1 is 1.35 bits per heavy atom. The van der Waals surface area contributed by atoms with Gasteiger partial charge in [-0.3, -0.25) is 4.79 Å². The van der Waals surface area contributed by atoms with Crippen LogP contribution in [0.25, 0.3) is 0 Å². The van der Waals surface area contributed by atoms with E-state index in [1.807, 2.05) is 11.9 Å². The summed E-state index contributed by atoms with van der Waals surface area (Å²) in [5.74, 6) is -0.451. The van der Waals surface area contributed by atoms with Crippen molar-refractivity contribution in [1.82, 2.24) is 0 Å². The quantitative estimate of drug-likeness (QED) is 0.785. The summed E-state index contributed by atoms with van der Waals surface area (Å²) in [6.07, 6.45) is 0. The number of benzene rings is 1. The zero-order valence-electron chi connectivity index (χ0n) is 10.9. The number of hydrogen-bond donors (Lipinski definition) is 2. The summed E-state index contributed by atoms with van der Waals surface area (Å²) in [5.41, 5.74) is 13.2. The summed E-state index contributed by atoms with van der Waals surface area (Å²) in [7, 11) is 1.92. The number of para-hydroxylation sites is 1. The van der Waals surface area contributed by atoms with E-state index in [2.05, 4.69) is 20.8 Å². The molecule has 0 unspecified atom stereocenters. The number of nitrogens with two attached hydrogens (primary N) is 2. The summed E-state index contributed by atoms with van der Waals surface area (Å²) >= 11 is 0. The molecule has 1 aromatic carbocycles. The van der Waals surface area contributed by atoms with Gasteiger partial charge in [-0.1, -0.05) is 26.8 Å². The number of amides is 1. The highest BCUT2D eigenvalue weighted by molar-refractivity contribution is 6.01. The number of carbonyl (C=O) groups is 1. The Morgan fingerprint density at radius 2 is 1.94 bits per heavy atom. The number of carbonyl (C=O) groups excluding carboxylic acids is 1. The Balaban J connectivity index is 3.16. The fraction of sp³-hybridized carbons (Fsp3) is 0.462. The Bertz CT molecular complexity index is 421. The monoisotopic (exact) mass is 235 g/mol. The number of nitrogen functional groups attached to an aromatic ring is 1. The average Bonchev–Trinajstić information content (AvgIpc) is 2.13. The van der Waals surface area contributed by atoms with E-state index in [1.165, 1.54) is 0 Å². The molecule has 0 atom stereocenters. The minimum absolute atomic E-state index is 0.117. The highest BCUT2D eigenvalue weighted by atomic mass is 16.1.